The quantitative estimate of drug-likeness (QED) is 0.785. The fraction of sp³-hybridized carbons (Fsp3) is 0.923. The third-order valence-electron chi connectivity index (χ3n) is 4.68. The molecule has 0 spiro atoms. The summed E-state index contributed by atoms with van der Waals surface area (Å²) < 4.78 is 0. The molecular formula is C13H23NO3. The molecule has 4 nitrogen and oxygen atoms in total. The van der Waals surface area contributed by atoms with E-state index in [1.54, 1.807) is 0 Å². The molecule has 1 heterocycles. The Morgan fingerprint density at radius 2 is 2.12 bits per heavy atom. The van der Waals surface area contributed by atoms with Crippen molar-refractivity contribution in [2.45, 2.75) is 57.6 Å². The van der Waals surface area contributed by atoms with E-state index in [1.807, 2.05) is 6.92 Å². The second kappa shape index (κ2) is 4.94. The van der Waals surface area contributed by atoms with Crippen LogP contribution in [0.5, 0.6) is 0 Å². The molecule has 2 rings (SSSR count). The highest BCUT2D eigenvalue weighted by molar-refractivity contribution is 5.75. The first-order valence-electron chi connectivity index (χ1n) is 6.74. The summed E-state index contributed by atoms with van der Waals surface area (Å²) in [6.45, 7) is 3.39. The first-order valence-corrected chi connectivity index (χ1v) is 6.74. The molecular weight excluding hydrogens is 218 g/mol. The highest BCUT2D eigenvalue weighted by Gasteiger charge is 2.46. The van der Waals surface area contributed by atoms with E-state index in [-0.39, 0.29) is 12.1 Å². The van der Waals surface area contributed by atoms with Crippen molar-refractivity contribution in [3.63, 3.8) is 0 Å². The van der Waals surface area contributed by atoms with E-state index in [2.05, 4.69) is 4.90 Å². The molecule has 4 heteroatoms. The number of aliphatic carboxylic acids is 1. The first-order chi connectivity index (χ1) is 8.09. The topological polar surface area (TPSA) is 60.8 Å². The second-order valence-electron chi connectivity index (χ2n) is 5.58. The summed E-state index contributed by atoms with van der Waals surface area (Å²) in [6, 6.07) is 0.191. The predicted molar refractivity (Wildman–Crippen MR) is 64.8 cm³/mol. The zero-order valence-electron chi connectivity index (χ0n) is 10.6. The van der Waals surface area contributed by atoms with Gasteiger partial charge in [0.25, 0.3) is 0 Å². The molecule has 3 unspecified atom stereocenters. The lowest BCUT2D eigenvalue weighted by Crippen LogP contribution is -2.46. The van der Waals surface area contributed by atoms with Gasteiger partial charge >= 0.3 is 5.97 Å². The summed E-state index contributed by atoms with van der Waals surface area (Å²) in [6.07, 6.45) is 5.29. The SMILES string of the molecule is CCC1(C(=O)O)CCN(C2CCCCC2O)C1. The Balaban J connectivity index is 2.03. The minimum absolute atomic E-state index is 0.191. The third-order valence-corrected chi connectivity index (χ3v) is 4.68. The van der Waals surface area contributed by atoms with E-state index in [0.717, 1.165) is 38.6 Å². The molecule has 0 bridgehead atoms. The molecule has 17 heavy (non-hydrogen) atoms. The van der Waals surface area contributed by atoms with Gasteiger partial charge in [-0.05, 0) is 32.2 Å². The highest BCUT2D eigenvalue weighted by atomic mass is 16.4. The van der Waals surface area contributed by atoms with Crippen LogP contribution in [0.3, 0.4) is 0 Å². The van der Waals surface area contributed by atoms with Gasteiger partial charge in [-0.2, -0.15) is 0 Å². The monoisotopic (exact) mass is 241 g/mol. The van der Waals surface area contributed by atoms with Crippen LogP contribution in [0.4, 0.5) is 0 Å². The Hall–Kier alpha value is -0.610. The van der Waals surface area contributed by atoms with Crippen LogP contribution in [0.15, 0.2) is 0 Å². The van der Waals surface area contributed by atoms with Gasteiger partial charge < -0.3 is 10.2 Å². The molecule has 3 atom stereocenters. The first kappa shape index (κ1) is 12.8. The Morgan fingerprint density at radius 3 is 2.65 bits per heavy atom. The fourth-order valence-corrected chi connectivity index (χ4v) is 3.32. The number of rotatable bonds is 3. The van der Waals surface area contributed by atoms with E-state index in [9.17, 15) is 15.0 Å². The number of aliphatic hydroxyl groups is 1. The van der Waals surface area contributed by atoms with Crippen molar-refractivity contribution in [2.75, 3.05) is 13.1 Å². The number of carbonyl (C=O) groups is 1. The maximum atomic E-state index is 11.4. The van der Waals surface area contributed by atoms with Gasteiger partial charge in [0.2, 0.25) is 0 Å². The molecule has 1 aliphatic heterocycles. The van der Waals surface area contributed by atoms with Crippen molar-refractivity contribution in [3.05, 3.63) is 0 Å². The average Bonchev–Trinajstić information content (AvgIpc) is 2.75. The second-order valence-corrected chi connectivity index (χ2v) is 5.58. The van der Waals surface area contributed by atoms with E-state index < -0.39 is 11.4 Å². The van der Waals surface area contributed by atoms with Crippen LogP contribution < -0.4 is 0 Å². The summed E-state index contributed by atoms with van der Waals surface area (Å²) in [4.78, 5) is 13.6. The van der Waals surface area contributed by atoms with Crippen LogP contribution in [0.2, 0.25) is 0 Å². The lowest BCUT2D eigenvalue weighted by Gasteiger charge is -2.36. The highest BCUT2D eigenvalue weighted by Crippen LogP contribution is 2.37. The minimum Gasteiger partial charge on any atom is -0.481 e. The van der Waals surface area contributed by atoms with Gasteiger partial charge in [0.1, 0.15) is 0 Å². The molecule has 0 aromatic rings. The van der Waals surface area contributed by atoms with E-state index in [4.69, 9.17) is 0 Å². The maximum absolute atomic E-state index is 11.4. The third kappa shape index (κ3) is 2.33. The van der Waals surface area contributed by atoms with E-state index >= 15 is 0 Å². The van der Waals surface area contributed by atoms with Gasteiger partial charge in [-0.25, -0.2) is 0 Å². The summed E-state index contributed by atoms with van der Waals surface area (Å²) in [7, 11) is 0. The fourth-order valence-electron chi connectivity index (χ4n) is 3.32. The van der Waals surface area contributed by atoms with Gasteiger partial charge in [0, 0.05) is 12.6 Å². The summed E-state index contributed by atoms with van der Waals surface area (Å²) in [5, 5.41) is 19.4. The van der Waals surface area contributed by atoms with Crippen molar-refractivity contribution in [2.24, 2.45) is 5.41 Å². The number of hydrogen-bond donors (Lipinski definition) is 2. The number of aliphatic hydroxyl groups excluding tert-OH is 1. The molecule has 1 aliphatic carbocycles. The van der Waals surface area contributed by atoms with Gasteiger partial charge in [0.15, 0.2) is 0 Å². The molecule has 0 amide bonds. The molecule has 98 valence electrons. The normalized spacial score (nSPS) is 39.4. The van der Waals surface area contributed by atoms with Crippen LogP contribution in [0.1, 0.15) is 45.4 Å². The largest absolute Gasteiger partial charge is 0.481 e. The molecule has 1 saturated carbocycles. The van der Waals surface area contributed by atoms with Gasteiger partial charge in [-0.1, -0.05) is 19.8 Å². The molecule has 0 radical (unpaired) electrons. The van der Waals surface area contributed by atoms with Crippen LogP contribution in [0.25, 0.3) is 0 Å². The molecule has 2 fully saturated rings. The smallest absolute Gasteiger partial charge is 0.310 e. The molecule has 0 aromatic carbocycles. The van der Waals surface area contributed by atoms with Gasteiger partial charge in [0.05, 0.1) is 11.5 Å². The predicted octanol–water partition coefficient (Wildman–Crippen LogP) is 1.48. The van der Waals surface area contributed by atoms with Crippen LogP contribution in [0, 0.1) is 5.41 Å². The number of likely N-dealkylation sites (tertiary alicyclic amines) is 1. The standard InChI is InChI=1S/C13H23NO3/c1-2-13(12(16)17)7-8-14(9-13)10-5-3-4-6-11(10)15/h10-11,15H,2-9H2,1H3,(H,16,17). The molecule has 0 aromatic heterocycles. The van der Waals surface area contributed by atoms with E-state index in [0.29, 0.717) is 13.0 Å². The minimum atomic E-state index is -0.673. The molecule has 1 saturated heterocycles. The number of nitrogens with zero attached hydrogens (tertiary/aromatic N) is 1. The van der Waals surface area contributed by atoms with E-state index in [1.165, 1.54) is 0 Å². The van der Waals surface area contributed by atoms with Crippen molar-refractivity contribution < 1.29 is 15.0 Å². The Morgan fingerprint density at radius 1 is 1.41 bits per heavy atom. The number of hydrogen-bond acceptors (Lipinski definition) is 3. The Bertz CT molecular complexity index is 294. The number of carboxylic acids is 1. The Kier molecular flexibility index (Phi) is 3.73. The van der Waals surface area contributed by atoms with Gasteiger partial charge in [-0.3, -0.25) is 9.69 Å². The van der Waals surface area contributed by atoms with Crippen molar-refractivity contribution in [1.29, 1.82) is 0 Å². The lowest BCUT2D eigenvalue weighted by atomic mass is 9.84. The van der Waals surface area contributed by atoms with Crippen LogP contribution >= 0.6 is 0 Å². The summed E-state index contributed by atoms with van der Waals surface area (Å²) >= 11 is 0. The van der Waals surface area contributed by atoms with Crippen LogP contribution in [-0.2, 0) is 4.79 Å². The van der Waals surface area contributed by atoms with Crippen LogP contribution in [-0.4, -0.2) is 46.3 Å². The Labute approximate surface area is 103 Å². The zero-order valence-corrected chi connectivity index (χ0v) is 10.6. The maximum Gasteiger partial charge on any atom is 0.310 e. The summed E-state index contributed by atoms with van der Waals surface area (Å²) in [5.41, 5.74) is -0.572. The lowest BCUT2D eigenvalue weighted by molar-refractivity contribution is -0.148. The average molecular weight is 241 g/mol. The van der Waals surface area contributed by atoms with Crippen molar-refractivity contribution >= 4 is 5.97 Å². The molecule has 2 aliphatic rings. The number of carboxylic acid groups (broad SMARTS) is 1. The molecule has 2 N–H and O–H groups in total. The van der Waals surface area contributed by atoms with Crippen molar-refractivity contribution in [1.82, 2.24) is 4.90 Å². The van der Waals surface area contributed by atoms with Crippen molar-refractivity contribution in [3.8, 4) is 0 Å². The summed E-state index contributed by atoms with van der Waals surface area (Å²) in [5.74, 6) is -0.673. The van der Waals surface area contributed by atoms with Gasteiger partial charge in [-0.15, -0.1) is 0 Å². The zero-order chi connectivity index (χ0) is 12.5.